The molecule has 4 heteroatoms. The van der Waals surface area contributed by atoms with Crippen molar-refractivity contribution in [2.24, 2.45) is 0 Å². The minimum Gasteiger partial charge on any atom is -0.381 e. The number of thioether (sulfide) groups is 1. The lowest BCUT2D eigenvalue weighted by Crippen LogP contribution is -2.26. The van der Waals surface area contributed by atoms with Crippen LogP contribution in [0.2, 0.25) is 0 Å². The Bertz CT molecular complexity index is 409. The van der Waals surface area contributed by atoms with Crippen LogP contribution in [0.15, 0.2) is 29.2 Å². The summed E-state index contributed by atoms with van der Waals surface area (Å²) in [5.74, 6) is 1.22. The zero-order chi connectivity index (χ0) is 12.8. The van der Waals surface area contributed by atoms with Crippen molar-refractivity contribution in [2.45, 2.75) is 37.1 Å². The van der Waals surface area contributed by atoms with Crippen LogP contribution >= 0.6 is 11.8 Å². The number of nitrogens with one attached hydrogen (secondary N) is 2. The second kappa shape index (κ2) is 6.69. The first-order valence-electron chi connectivity index (χ1n) is 6.54. The van der Waals surface area contributed by atoms with E-state index in [1.54, 1.807) is 0 Å². The molecule has 1 unspecified atom stereocenters. The summed E-state index contributed by atoms with van der Waals surface area (Å²) in [5, 5.41) is 6.44. The van der Waals surface area contributed by atoms with Crippen LogP contribution in [-0.2, 0) is 4.79 Å². The molecule has 3 nitrogen and oxygen atoms in total. The van der Waals surface area contributed by atoms with Crippen molar-refractivity contribution in [2.75, 3.05) is 17.6 Å². The third-order valence-corrected chi connectivity index (χ3v) is 3.99. The largest absolute Gasteiger partial charge is 0.381 e. The van der Waals surface area contributed by atoms with E-state index < -0.39 is 0 Å². The van der Waals surface area contributed by atoms with E-state index in [0.717, 1.165) is 30.8 Å². The number of hydrogen-bond donors (Lipinski definition) is 2. The van der Waals surface area contributed by atoms with Gasteiger partial charge in [-0.1, -0.05) is 19.1 Å². The molecule has 2 rings (SSSR count). The molecule has 0 aromatic heterocycles. The Morgan fingerprint density at radius 3 is 3.11 bits per heavy atom. The first-order valence-corrected chi connectivity index (χ1v) is 7.53. The maximum atomic E-state index is 11.5. The molecule has 1 fully saturated rings. The zero-order valence-corrected chi connectivity index (χ0v) is 11.6. The van der Waals surface area contributed by atoms with E-state index in [2.05, 4.69) is 35.8 Å². The molecule has 1 aliphatic heterocycles. The molecule has 1 aromatic rings. The van der Waals surface area contributed by atoms with Crippen LogP contribution in [0.3, 0.4) is 0 Å². The molecule has 1 amide bonds. The van der Waals surface area contributed by atoms with Crippen LogP contribution < -0.4 is 10.6 Å². The van der Waals surface area contributed by atoms with Crippen molar-refractivity contribution in [3.63, 3.8) is 0 Å². The van der Waals surface area contributed by atoms with Gasteiger partial charge in [-0.05, 0) is 30.7 Å². The van der Waals surface area contributed by atoms with Crippen LogP contribution in [0, 0.1) is 0 Å². The predicted molar refractivity (Wildman–Crippen MR) is 77.1 cm³/mol. The van der Waals surface area contributed by atoms with Gasteiger partial charge in [0.25, 0.3) is 0 Å². The average molecular weight is 264 g/mol. The number of rotatable bonds is 4. The van der Waals surface area contributed by atoms with Crippen molar-refractivity contribution in [3.8, 4) is 0 Å². The van der Waals surface area contributed by atoms with E-state index in [0.29, 0.717) is 6.42 Å². The standard InChI is InChI=1S/C14H20N2OS/c1-2-18-13-8-4-3-7-12(13)16-11-6-5-9-15-14(17)10-11/h3-4,7-8,11,16H,2,5-6,9-10H2,1H3,(H,15,17). The Hall–Kier alpha value is -1.16. The van der Waals surface area contributed by atoms with Crippen LogP contribution in [0.4, 0.5) is 5.69 Å². The maximum Gasteiger partial charge on any atom is 0.222 e. The molecule has 0 spiro atoms. The molecule has 0 saturated carbocycles. The van der Waals surface area contributed by atoms with E-state index in [1.165, 1.54) is 4.90 Å². The van der Waals surface area contributed by atoms with E-state index in [9.17, 15) is 4.79 Å². The average Bonchev–Trinajstić information content (AvgIpc) is 2.56. The van der Waals surface area contributed by atoms with Crippen LogP contribution in [0.5, 0.6) is 0 Å². The highest BCUT2D eigenvalue weighted by molar-refractivity contribution is 7.99. The van der Waals surface area contributed by atoms with E-state index in [-0.39, 0.29) is 11.9 Å². The molecule has 2 N–H and O–H groups in total. The number of amides is 1. The summed E-state index contributed by atoms with van der Waals surface area (Å²) in [6, 6.07) is 8.58. The highest BCUT2D eigenvalue weighted by Gasteiger charge is 2.17. The fourth-order valence-electron chi connectivity index (χ4n) is 2.18. The fraction of sp³-hybridized carbons (Fsp3) is 0.500. The van der Waals surface area contributed by atoms with Gasteiger partial charge in [0.15, 0.2) is 0 Å². The number of hydrogen-bond acceptors (Lipinski definition) is 3. The molecular formula is C14H20N2OS. The zero-order valence-electron chi connectivity index (χ0n) is 10.7. The maximum absolute atomic E-state index is 11.5. The Kier molecular flexibility index (Phi) is 4.93. The van der Waals surface area contributed by atoms with Crippen molar-refractivity contribution in [1.29, 1.82) is 0 Å². The normalized spacial score (nSPS) is 20.1. The van der Waals surface area contributed by atoms with Crippen LogP contribution in [0.25, 0.3) is 0 Å². The second-order valence-electron chi connectivity index (χ2n) is 4.47. The summed E-state index contributed by atoms with van der Waals surface area (Å²) in [7, 11) is 0. The summed E-state index contributed by atoms with van der Waals surface area (Å²) in [4.78, 5) is 12.8. The molecule has 98 valence electrons. The number of anilines is 1. The Morgan fingerprint density at radius 1 is 1.44 bits per heavy atom. The lowest BCUT2D eigenvalue weighted by molar-refractivity contribution is -0.120. The van der Waals surface area contributed by atoms with Crippen LogP contribution in [-0.4, -0.2) is 24.2 Å². The summed E-state index contributed by atoms with van der Waals surface area (Å²) in [6.45, 7) is 2.96. The SMILES string of the molecule is CCSc1ccccc1NC1CCCNC(=O)C1. The summed E-state index contributed by atoms with van der Waals surface area (Å²) >= 11 is 1.83. The summed E-state index contributed by atoms with van der Waals surface area (Å²) in [6.07, 6.45) is 2.67. The molecule has 0 bridgehead atoms. The lowest BCUT2D eigenvalue weighted by atomic mass is 10.1. The second-order valence-corrected chi connectivity index (χ2v) is 5.77. The van der Waals surface area contributed by atoms with Gasteiger partial charge in [0.2, 0.25) is 5.91 Å². The third-order valence-electron chi connectivity index (χ3n) is 3.03. The predicted octanol–water partition coefficient (Wildman–Crippen LogP) is 2.88. The van der Waals surface area contributed by atoms with Gasteiger partial charge in [-0.2, -0.15) is 0 Å². The Balaban J connectivity index is 2.05. The first-order chi connectivity index (χ1) is 8.79. The number of benzene rings is 1. The topological polar surface area (TPSA) is 41.1 Å². The van der Waals surface area contributed by atoms with Gasteiger partial charge in [0.1, 0.15) is 0 Å². The van der Waals surface area contributed by atoms with Gasteiger partial charge in [-0.25, -0.2) is 0 Å². The molecule has 1 heterocycles. The summed E-state index contributed by atoms with van der Waals surface area (Å²) < 4.78 is 0. The minimum absolute atomic E-state index is 0.158. The summed E-state index contributed by atoms with van der Waals surface area (Å²) in [5.41, 5.74) is 1.16. The molecule has 1 aliphatic rings. The van der Waals surface area contributed by atoms with Gasteiger partial charge < -0.3 is 10.6 Å². The number of carbonyl (C=O) groups is 1. The molecule has 1 saturated heterocycles. The molecule has 1 aromatic carbocycles. The Labute approximate surface area is 113 Å². The minimum atomic E-state index is 0.158. The Morgan fingerprint density at radius 2 is 2.28 bits per heavy atom. The van der Waals surface area contributed by atoms with Gasteiger partial charge in [-0.15, -0.1) is 11.8 Å². The van der Waals surface area contributed by atoms with Gasteiger partial charge in [0, 0.05) is 29.6 Å². The van der Waals surface area contributed by atoms with E-state index >= 15 is 0 Å². The molecular weight excluding hydrogens is 244 g/mol. The van der Waals surface area contributed by atoms with Crippen molar-refractivity contribution in [1.82, 2.24) is 5.32 Å². The highest BCUT2D eigenvalue weighted by atomic mass is 32.2. The number of para-hydroxylation sites is 1. The third kappa shape index (κ3) is 3.67. The molecule has 1 atom stereocenters. The van der Waals surface area contributed by atoms with Gasteiger partial charge in [0.05, 0.1) is 0 Å². The van der Waals surface area contributed by atoms with E-state index in [1.807, 2.05) is 17.8 Å². The molecule has 0 aliphatic carbocycles. The molecule has 18 heavy (non-hydrogen) atoms. The van der Waals surface area contributed by atoms with E-state index in [4.69, 9.17) is 0 Å². The van der Waals surface area contributed by atoms with Crippen molar-refractivity contribution < 1.29 is 4.79 Å². The van der Waals surface area contributed by atoms with Crippen molar-refractivity contribution >= 4 is 23.4 Å². The number of carbonyl (C=O) groups excluding carboxylic acids is 1. The van der Waals surface area contributed by atoms with Crippen molar-refractivity contribution in [3.05, 3.63) is 24.3 Å². The monoisotopic (exact) mass is 264 g/mol. The highest BCUT2D eigenvalue weighted by Crippen LogP contribution is 2.28. The molecule has 0 radical (unpaired) electrons. The van der Waals surface area contributed by atoms with Gasteiger partial charge in [-0.3, -0.25) is 4.79 Å². The van der Waals surface area contributed by atoms with Gasteiger partial charge >= 0.3 is 0 Å². The first kappa shape index (κ1) is 13.3. The van der Waals surface area contributed by atoms with Crippen LogP contribution in [0.1, 0.15) is 26.2 Å². The fourth-order valence-corrected chi connectivity index (χ4v) is 2.95. The quantitative estimate of drug-likeness (QED) is 0.822. The smallest absolute Gasteiger partial charge is 0.222 e. The lowest BCUT2D eigenvalue weighted by Gasteiger charge is -2.18.